The molecule has 23 heavy (non-hydrogen) atoms. The third-order valence-electron chi connectivity index (χ3n) is 4.66. The van der Waals surface area contributed by atoms with Crippen LogP contribution in [0.4, 0.5) is 0 Å². The summed E-state index contributed by atoms with van der Waals surface area (Å²) in [6.07, 6.45) is 2.22. The summed E-state index contributed by atoms with van der Waals surface area (Å²) in [6, 6.07) is 0. The lowest BCUT2D eigenvalue weighted by molar-refractivity contribution is -0.124. The summed E-state index contributed by atoms with van der Waals surface area (Å²) >= 11 is 0. The molecular weight excluding hydrogens is 292 g/mol. The van der Waals surface area contributed by atoms with Crippen molar-refractivity contribution in [1.29, 1.82) is 0 Å². The molecular formula is C17H30N4O2. The Kier molecular flexibility index (Phi) is 6.59. The molecule has 0 saturated carbocycles. The highest BCUT2D eigenvalue weighted by atomic mass is 16.4. The van der Waals surface area contributed by atoms with Gasteiger partial charge in [-0.1, -0.05) is 6.92 Å². The second-order valence-corrected chi connectivity index (χ2v) is 6.67. The van der Waals surface area contributed by atoms with Crippen LogP contribution in [0.15, 0.2) is 4.42 Å². The van der Waals surface area contributed by atoms with Crippen LogP contribution in [0.3, 0.4) is 0 Å². The summed E-state index contributed by atoms with van der Waals surface area (Å²) in [4.78, 5) is 18.8. The lowest BCUT2D eigenvalue weighted by Crippen LogP contribution is -2.41. The normalized spacial score (nSPS) is 18.1. The molecule has 1 aliphatic heterocycles. The van der Waals surface area contributed by atoms with E-state index < -0.39 is 0 Å². The average molecular weight is 322 g/mol. The summed E-state index contributed by atoms with van der Waals surface area (Å²) in [7, 11) is 1.87. The van der Waals surface area contributed by atoms with Crippen LogP contribution >= 0.6 is 0 Å². The molecule has 2 N–H and O–H groups in total. The Labute approximate surface area is 139 Å². The fraction of sp³-hybridized carbons (Fsp3) is 0.765. The molecule has 0 spiro atoms. The number of nitrogens with zero attached hydrogens (tertiary/aromatic N) is 2. The molecule has 1 atom stereocenters. The number of rotatable bonds is 7. The van der Waals surface area contributed by atoms with Gasteiger partial charge in [0.15, 0.2) is 0 Å². The van der Waals surface area contributed by atoms with Gasteiger partial charge in [-0.25, -0.2) is 4.98 Å². The quantitative estimate of drug-likeness (QED) is 0.795. The lowest BCUT2D eigenvalue weighted by Gasteiger charge is -2.31. The van der Waals surface area contributed by atoms with Gasteiger partial charge >= 0.3 is 0 Å². The van der Waals surface area contributed by atoms with Gasteiger partial charge in [-0.15, -0.1) is 0 Å². The van der Waals surface area contributed by atoms with Crippen LogP contribution in [0.2, 0.25) is 0 Å². The molecule has 0 radical (unpaired) electrons. The minimum Gasteiger partial charge on any atom is -0.444 e. The van der Waals surface area contributed by atoms with Crippen LogP contribution in [0.5, 0.6) is 0 Å². The van der Waals surface area contributed by atoms with E-state index in [1.54, 1.807) is 0 Å². The molecule has 2 rings (SSSR count). The van der Waals surface area contributed by atoms with Crippen molar-refractivity contribution in [3.8, 4) is 0 Å². The Hall–Kier alpha value is -1.40. The highest BCUT2D eigenvalue weighted by molar-refractivity contribution is 5.78. The number of hydrogen-bond donors (Lipinski definition) is 2. The molecule has 1 aliphatic rings. The monoisotopic (exact) mass is 322 g/mol. The Morgan fingerprint density at radius 3 is 2.65 bits per heavy atom. The van der Waals surface area contributed by atoms with E-state index in [1.807, 2.05) is 27.8 Å². The first kappa shape index (κ1) is 17.9. The Morgan fingerprint density at radius 2 is 2.09 bits per heavy atom. The summed E-state index contributed by atoms with van der Waals surface area (Å²) in [6.45, 7) is 10.3. The van der Waals surface area contributed by atoms with E-state index in [1.165, 1.54) is 0 Å². The van der Waals surface area contributed by atoms with E-state index in [2.05, 4.69) is 20.5 Å². The van der Waals surface area contributed by atoms with Gasteiger partial charge in [-0.3, -0.25) is 9.69 Å². The number of oxazole rings is 1. The zero-order valence-electron chi connectivity index (χ0n) is 14.8. The van der Waals surface area contributed by atoms with Gasteiger partial charge in [0.2, 0.25) is 11.8 Å². The van der Waals surface area contributed by atoms with Gasteiger partial charge in [-0.2, -0.15) is 0 Å². The maximum absolute atomic E-state index is 11.9. The molecule has 2 heterocycles. The highest BCUT2D eigenvalue weighted by Crippen LogP contribution is 2.19. The maximum atomic E-state index is 11.9. The third kappa shape index (κ3) is 5.32. The smallest absolute Gasteiger partial charge is 0.224 e. The van der Waals surface area contributed by atoms with E-state index in [9.17, 15) is 4.79 Å². The number of hydrogen-bond acceptors (Lipinski definition) is 5. The van der Waals surface area contributed by atoms with E-state index in [-0.39, 0.29) is 11.8 Å². The van der Waals surface area contributed by atoms with Gasteiger partial charge in [0, 0.05) is 19.0 Å². The molecule has 0 aliphatic carbocycles. The van der Waals surface area contributed by atoms with Gasteiger partial charge in [0.05, 0.1) is 12.2 Å². The summed E-state index contributed by atoms with van der Waals surface area (Å²) in [5.41, 5.74) is 0.980. The number of piperidine rings is 1. The number of aryl methyl sites for hydroxylation is 2. The van der Waals surface area contributed by atoms with Crippen LogP contribution in [0.25, 0.3) is 0 Å². The number of nitrogens with one attached hydrogen (secondary N) is 2. The number of carbonyl (C=O) groups excluding carboxylic acids is 1. The van der Waals surface area contributed by atoms with Gasteiger partial charge in [0.25, 0.3) is 0 Å². The van der Waals surface area contributed by atoms with Crippen molar-refractivity contribution in [2.45, 2.75) is 40.2 Å². The van der Waals surface area contributed by atoms with Crippen LogP contribution in [0, 0.1) is 25.7 Å². The Bertz CT molecular complexity index is 487. The highest BCUT2D eigenvalue weighted by Gasteiger charge is 2.22. The Balaban J connectivity index is 1.68. The zero-order valence-corrected chi connectivity index (χ0v) is 14.8. The lowest BCUT2D eigenvalue weighted by atomic mass is 9.96. The molecule has 0 bridgehead atoms. The molecule has 1 fully saturated rings. The van der Waals surface area contributed by atoms with Crippen molar-refractivity contribution in [1.82, 2.24) is 20.5 Å². The average Bonchev–Trinajstić information content (AvgIpc) is 2.84. The predicted octanol–water partition coefficient (Wildman–Crippen LogP) is 1.48. The number of likely N-dealkylation sites (tertiary alicyclic amines) is 1. The van der Waals surface area contributed by atoms with E-state index in [4.69, 9.17) is 4.42 Å². The second-order valence-electron chi connectivity index (χ2n) is 6.67. The van der Waals surface area contributed by atoms with Crippen molar-refractivity contribution in [3.05, 3.63) is 17.3 Å². The van der Waals surface area contributed by atoms with Crippen LogP contribution < -0.4 is 10.6 Å². The van der Waals surface area contributed by atoms with Gasteiger partial charge in [-0.05, 0) is 52.7 Å². The first-order valence-electron chi connectivity index (χ1n) is 8.57. The van der Waals surface area contributed by atoms with Crippen molar-refractivity contribution < 1.29 is 9.21 Å². The molecule has 0 aromatic carbocycles. The van der Waals surface area contributed by atoms with Crippen LogP contribution in [-0.2, 0) is 11.3 Å². The molecule has 1 saturated heterocycles. The van der Waals surface area contributed by atoms with Gasteiger partial charge in [0.1, 0.15) is 5.76 Å². The standard InChI is InChI=1S/C17H30N4O2/c1-12(9-18-4)17(22)19-10-15-5-7-21(8-6-15)11-16-20-13(2)14(3)23-16/h12,15,18H,5-11H2,1-4H3,(H,19,22). The van der Waals surface area contributed by atoms with Crippen molar-refractivity contribution in [3.63, 3.8) is 0 Å². The van der Waals surface area contributed by atoms with Crippen molar-refractivity contribution in [2.75, 3.05) is 33.2 Å². The zero-order chi connectivity index (χ0) is 16.8. The molecule has 1 amide bonds. The largest absolute Gasteiger partial charge is 0.444 e. The molecule has 1 aromatic heterocycles. The Morgan fingerprint density at radius 1 is 1.39 bits per heavy atom. The second kappa shape index (κ2) is 8.45. The maximum Gasteiger partial charge on any atom is 0.224 e. The summed E-state index contributed by atoms with van der Waals surface area (Å²) < 4.78 is 5.66. The van der Waals surface area contributed by atoms with Crippen LogP contribution in [-0.4, -0.2) is 49.0 Å². The minimum atomic E-state index is 0.0246. The first-order valence-corrected chi connectivity index (χ1v) is 8.57. The summed E-state index contributed by atoms with van der Waals surface area (Å²) in [5, 5.41) is 6.12. The van der Waals surface area contributed by atoms with E-state index in [0.717, 1.165) is 62.9 Å². The number of aromatic nitrogens is 1. The molecule has 6 nitrogen and oxygen atoms in total. The molecule has 6 heteroatoms. The fourth-order valence-corrected chi connectivity index (χ4v) is 2.96. The topological polar surface area (TPSA) is 70.4 Å². The molecule has 1 unspecified atom stereocenters. The predicted molar refractivity (Wildman–Crippen MR) is 90.1 cm³/mol. The molecule has 1 aromatic rings. The van der Waals surface area contributed by atoms with E-state index in [0.29, 0.717) is 5.92 Å². The van der Waals surface area contributed by atoms with Crippen molar-refractivity contribution in [2.24, 2.45) is 11.8 Å². The van der Waals surface area contributed by atoms with E-state index >= 15 is 0 Å². The molecule has 130 valence electrons. The van der Waals surface area contributed by atoms with Crippen molar-refractivity contribution >= 4 is 5.91 Å². The first-order chi connectivity index (χ1) is 11.0. The fourth-order valence-electron chi connectivity index (χ4n) is 2.96. The number of carbonyl (C=O) groups is 1. The van der Waals surface area contributed by atoms with Crippen LogP contribution in [0.1, 0.15) is 37.1 Å². The van der Waals surface area contributed by atoms with Gasteiger partial charge < -0.3 is 15.1 Å². The third-order valence-corrected chi connectivity index (χ3v) is 4.66. The number of amides is 1. The minimum absolute atomic E-state index is 0.0246. The summed E-state index contributed by atoms with van der Waals surface area (Å²) in [5.74, 6) is 2.47. The SMILES string of the molecule is CNCC(C)C(=O)NCC1CCN(Cc2nc(C)c(C)o2)CC1.